The first-order valence-electron chi connectivity index (χ1n) is 6.90. The van der Waals surface area contributed by atoms with Gasteiger partial charge < -0.3 is 10.7 Å². The third-order valence-corrected chi connectivity index (χ3v) is 4.58. The summed E-state index contributed by atoms with van der Waals surface area (Å²) in [6.45, 7) is 4.55. The maximum absolute atomic E-state index is 5.41. The van der Waals surface area contributed by atoms with E-state index in [1.54, 1.807) is 0 Å². The number of rotatable bonds is 1. The first-order chi connectivity index (χ1) is 10.0. The minimum absolute atomic E-state index is 0. The molecule has 1 aromatic carbocycles. The van der Waals surface area contributed by atoms with Gasteiger partial charge in [-0.15, -0.1) is 12.6 Å². The van der Waals surface area contributed by atoms with Gasteiger partial charge in [0.1, 0.15) is 4.32 Å². The summed E-state index contributed by atoms with van der Waals surface area (Å²) in [4.78, 5) is 7.13. The average molecular weight is 422 g/mol. The number of para-hydroxylation sites is 2. The molecule has 0 amide bonds. The number of nitrogens with zero attached hydrogens (tertiary/aromatic N) is 2. The molecule has 1 saturated heterocycles. The van der Waals surface area contributed by atoms with Crippen molar-refractivity contribution in [1.29, 1.82) is 0 Å². The molecule has 2 aromatic rings. The molecule has 4 nitrogen and oxygen atoms in total. The number of imidazole rings is 1. The zero-order valence-corrected chi connectivity index (χ0v) is 17.1. The Balaban J connectivity index is 0.000000211. The molecule has 0 spiro atoms. The topological polar surface area (TPSA) is 57.9 Å². The Kier molecular flexibility index (Phi) is 8.82. The van der Waals surface area contributed by atoms with Crippen LogP contribution in [0.15, 0.2) is 29.4 Å². The molecule has 3 rings (SSSR count). The quantitative estimate of drug-likeness (QED) is 0.286. The van der Waals surface area contributed by atoms with E-state index in [-0.39, 0.29) is 17.1 Å². The molecule has 8 heteroatoms. The number of aromatic amines is 1. The van der Waals surface area contributed by atoms with Crippen LogP contribution in [0.5, 0.6) is 0 Å². The Morgan fingerprint density at radius 3 is 2.64 bits per heavy atom. The number of hydrogen-bond donors (Lipinski definition) is 3. The van der Waals surface area contributed by atoms with Gasteiger partial charge in [-0.25, -0.2) is 9.29 Å². The summed E-state index contributed by atoms with van der Waals surface area (Å²) in [6.07, 6.45) is 2.55. The van der Waals surface area contributed by atoms with Crippen LogP contribution in [-0.2, 0) is 0 Å². The number of piperidine rings is 1. The van der Waals surface area contributed by atoms with E-state index in [2.05, 4.69) is 33.8 Å². The van der Waals surface area contributed by atoms with Crippen LogP contribution in [0.25, 0.3) is 11.0 Å². The Morgan fingerprint density at radius 1 is 1.41 bits per heavy atom. The number of fused-ring (bicyclic) bond motifs is 1. The van der Waals surface area contributed by atoms with Crippen LogP contribution in [0.4, 0.5) is 0 Å². The second kappa shape index (κ2) is 9.80. The van der Waals surface area contributed by atoms with Crippen molar-refractivity contribution < 1.29 is 0 Å². The van der Waals surface area contributed by atoms with Crippen LogP contribution in [0, 0.1) is 5.92 Å². The average Bonchev–Trinajstić information content (AvgIpc) is 2.81. The molecule has 0 aliphatic carbocycles. The number of H-pyrrole nitrogens is 1. The monoisotopic (exact) mass is 422 g/mol. The van der Waals surface area contributed by atoms with E-state index in [0.717, 1.165) is 30.0 Å². The van der Waals surface area contributed by atoms with Crippen molar-refractivity contribution in [3.8, 4) is 0 Å². The number of nitrogens with one attached hydrogen (secondary N) is 1. The summed E-state index contributed by atoms with van der Waals surface area (Å²) in [5.74, 6) is 0.873. The van der Waals surface area contributed by atoms with Gasteiger partial charge in [0, 0.05) is 13.1 Å². The van der Waals surface area contributed by atoms with E-state index in [9.17, 15) is 0 Å². The van der Waals surface area contributed by atoms with Gasteiger partial charge in [0.25, 0.3) is 0 Å². The second-order valence-electron chi connectivity index (χ2n) is 5.10. The second-order valence-corrected chi connectivity index (χ2v) is 7.36. The third kappa shape index (κ3) is 6.48. The Bertz CT molecular complexity index is 564. The van der Waals surface area contributed by atoms with E-state index in [1.165, 1.54) is 24.8 Å². The molecule has 2 heterocycles. The number of thiocarbonyl (C=S) groups is 1. The first-order valence-corrected chi connectivity index (χ1v) is 8.53. The van der Waals surface area contributed by atoms with Crippen LogP contribution >= 0.6 is 36.8 Å². The fraction of sp³-hybridized carbons (Fsp3) is 0.429. The van der Waals surface area contributed by atoms with Gasteiger partial charge in [-0.05, 0) is 42.8 Å². The van der Waals surface area contributed by atoms with Gasteiger partial charge in [-0.2, -0.15) is 0 Å². The molecule has 122 valence electrons. The number of hydrogen-bond acceptors (Lipinski definition) is 5. The van der Waals surface area contributed by atoms with E-state index in [4.69, 9.17) is 18.0 Å². The number of aromatic nitrogens is 2. The van der Waals surface area contributed by atoms with Gasteiger partial charge in [0.05, 0.1) is 11.0 Å². The number of nitrogens with two attached hydrogens (primary N) is 1. The summed E-state index contributed by atoms with van der Waals surface area (Å²) < 4.78 is 2.79. The Labute approximate surface area is 157 Å². The minimum atomic E-state index is 0. The number of thiol groups is 1. The van der Waals surface area contributed by atoms with Crippen LogP contribution in [-0.4, -0.2) is 48.8 Å². The molecule has 0 radical (unpaired) electrons. The standard InChI is InChI=1S/C7H14N2S2.C7H6N2S.H2Se/c1-6-2-4-9(5-3-6)11-7(8)10;10-7-8-5-3-1-2-4-6(5)9-7;/h6H,2-5H2,1H3,(H2,8,10);1-4H,(H2,8,9,10);1H2. The first kappa shape index (κ1) is 19.8. The maximum atomic E-state index is 5.41. The normalized spacial score (nSPS) is 15.7. The van der Waals surface area contributed by atoms with Crippen molar-refractivity contribution >= 4 is 69.2 Å². The van der Waals surface area contributed by atoms with Crippen molar-refractivity contribution in [1.82, 2.24) is 14.3 Å². The van der Waals surface area contributed by atoms with Crippen molar-refractivity contribution in [3.05, 3.63) is 24.3 Å². The molecule has 1 aliphatic heterocycles. The van der Waals surface area contributed by atoms with Gasteiger partial charge in [0.15, 0.2) is 5.16 Å². The van der Waals surface area contributed by atoms with Gasteiger partial charge in [-0.1, -0.05) is 31.3 Å². The predicted molar refractivity (Wildman–Crippen MR) is 106 cm³/mol. The summed E-state index contributed by atoms with van der Waals surface area (Å²) in [5, 5.41) is 0.668. The third-order valence-electron chi connectivity index (χ3n) is 3.34. The molecular formula is C14H22N4S3Se. The van der Waals surface area contributed by atoms with Gasteiger partial charge in [0.2, 0.25) is 0 Å². The summed E-state index contributed by atoms with van der Waals surface area (Å²) in [6, 6.07) is 7.84. The van der Waals surface area contributed by atoms with Crippen LogP contribution < -0.4 is 5.73 Å². The molecule has 0 atom stereocenters. The van der Waals surface area contributed by atoms with Crippen LogP contribution in [0.2, 0.25) is 0 Å². The molecule has 22 heavy (non-hydrogen) atoms. The van der Waals surface area contributed by atoms with Gasteiger partial charge >= 0.3 is 17.1 Å². The molecule has 1 aliphatic rings. The molecule has 3 N–H and O–H groups in total. The van der Waals surface area contributed by atoms with Crippen molar-refractivity contribution in [3.63, 3.8) is 0 Å². The summed E-state index contributed by atoms with van der Waals surface area (Å²) in [5.41, 5.74) is 7.41. The van der Waals surface area contributed by atoms with Crippen LogP contribution in [0.1, 0.15) is 19.8 Å². The zero-order valence-electron chi connectivity index (χ0n) is 12.5. The van der Waals surface area contributed by atoms with Crippen molar-refractivity contribution in [2.45, 2.75) is 24.9 Å². The molecule has 0 unspecified atom stereocenters. The van der Waals surface area contributed by atoms with Crippen molar-refractivity contribution in [2.75, 3.05) is 13.1 Å². The molecule has 0 saturated carbocycles. The van der Waals surface area contributed by atoms with E-state index in [1.807, 2.05) is 24.3 Å². The number of benzene rings is 1. The van der Waals surface area contributed by atoms with Crippen LogP contribution in [0.3, 0.4) is 0 Å². The molecule has 1 aromatic heterocycles. The summed E-state index contributed by atoms with van der Waals surface area (Å²) >= 11 is 10.4. The Hall–Kier alpha value is -0.241. The van der Waals surface area contributed by atoms with Gasteiger partial charge in [-0.3, -0.25) is 0 Å². The Morgan fingerprint density at radius 2 is 2.05 bits per heavy atom. The van der Waals surface area contributed by atoms with E-state index < -0.39 is 0 Å². The van der Waals surface area contributed by atoms with E-state index in [0.29, 0.717) is 9.48 Å². The fourth-order valence-corrected chi connectivity index (χ4v) is 3.34. The van der Waals surface area contributed by atoms with E-state index >= 15 is 0 Å². The SMILES string of the molecule is CC1CCN(SC(N)=S)CC1.Sc1nc2ccccc2[nH]1.[SeH2]. The fourth-order valence-electron chi connectivity index (χ4n) is 2.14. The van der Waals surface area contributed by atoms with Crippen molar-refractivity contribution in [2.24, 2.45) is 11.7 Å². The summed E-state index contributed by atoms with van der Waals surface area (Å²) in [7, 11) is 0. The molecule has 1 fully saturated rings. The molecule has 0 bridgehead atoms. The molecular weight excluding hydrogens is 399 g/mol. The zero-order chi connectivity index (χ0) is 15.2. The predicted octanol–water partition coefficient (Wildman–Crippen LogP) is 2.55.